The number of oxime groups is 2. The zero-order chi connectivity index (χ0) is 16.7. The first-order valence-electron chi connectivity index (χ1n) is 7.91. The van der Waals surface area contributed by atoms with E-state index in [9.17, 15) is 4.79 Å². The lowest BCUT2D eigenvalue weighted by Gasteiger charge is -2.26. The van der Waals surface area contributed by atoms with E-state index in [0.29, 0.717) is 6.42 Å². The average Bonchev–Trinajstić information content (AvgIpc) is 3.11. The molecule has 2 unspecified atom stereocenters. The van der Waals surface area contributed by atoms with Gasteiger partial charge in [0.15, 0.2) is 0 Å². The summed E-state index contributed by atoms with van der Waals surface area (Å²) < 4.78 is 0. The molecule has 0 radical (unpaired) electrons. The van der Waals surface area contributed by atoms with Crippen LogP contribution in [-0.4, -0.2) is 23.5 Å². The molecule has 23 heavy (non-hydrogen) atoms. The minimum absolute atomic E-state index is 0.00539. The Morgan fingerprint density at radius 2 is 2.30 bits per heavy atom. The van der Waals surface area contributed by atoms with Crippen molar-refractivity contribution < 1.29 is 14.5 Å². The number of hydrogen-bond acceptors (Lipinski definition) is 6. The predicted molar refractivity (Wildman–Crippen MR) is 90.8 cm³/mol. The van der Waals surface area contributed by atoms with Crippen molar-refractivity contribution in [3.8, 4) is 0 Å². The molecule has 1 aliphatic carbocycles. The van der Waals surface area contributed by atoms with Gasteiger partial charge in [0.2, 0.25) is 5.60 Å². The molecular weight excluding hydrogens is 312 g/mol. The number of carbonyl (C=O) groups excluding carboxylic acids is 1. The first-order valence-corrected chi connectivity index (χ1v) is 8.72. The summed E-state index contributed by atoms with van der Waals surface area (Å²) in [5.41, 5.74) is -0.148. The van der Waals surface area contributed by atoms with Gasteiger partial charge in [0.25, 0.3) is 0 Å². The minimum atomic E-state index is -0.981. The molecule has 1 aromatic heterocycles. The fraction of sp³-hybridized carbons (Fsp3) is 0.588. The fourth-order valence-electron chi connectivity index (χ4n) is 3.30. The number of aryl methyl sites for hydroxylation is 1. The fourth-order valence-corrected chi connectivity index (χ4v) is 4.04. The van der Waals surface area contributed by atoms with E-state index in [1.807, 2.05) is 19.1 Å². The van der Waals surface area contributed by atoms with E-state index in [0.717, 1.165) is 23.4 Å². The SMILES string of the molecule is Cc1ccc(/C=N/OC(=O)C23CCCC2C(C(C)(C)C)=NO3)s1. The first kappa shape index (κ1) is 16.2. The Labute approximate surface area is 140 Å². The third kappa shape index (κ3) is 2.92. The van der Waals surface area contributed by atoms with Crippen LogP contribution in [0, 0.1) is 18.3 Å². The number of nitrogens with zero attached hydrogens (tertiary/aromatic N) is 2. The Balaban J connectivity index is 1.71. The molecule has 1 saturated carbocycles. The van der Waals surface area contributed by atoms with Crippen LogP contribution in [0.1, 0.15) is 49.8 Å². The molecule has 2 atom stereocenters. The molecule has 0 N–H and O–H groups in total. The highest BCUT2D eigenvalue weighted by molar-refractivity contribution is 7.13. The van der Waals surface area contributed by atoms with Gasteiger partial charge in [0, 0.05) is 21.6 Å². The summed E-state index contributed by atoms with van der Waals surface area (Å²) >= 11 is 1.60. The van der Waals surface area contributed by atoms with E-state index >= 15 is 0 Å². The van der Waals surface area contributed by atoms with Crippen LogP contribution in [0.25, 0.3) is 0 Å². The van der Waals surface area contributed by atoms with Crippen molar-refractivity contribution in [2.45, 2.75) is 52.6 Å². The largest absolute Gasteiger partial charge is 0.381 e. The van der Waals surface area contributed by atoms with E-state index in [1.54, 1.807) is 17.6 Å². The van der Waals surface area contributed by atoms with Crippen molar-refractivity contribution in [1.29, 1.82) is 0 Å². The van der Waals surface area contributed by atoms with Gasteiger partial charge in [-0.25, -0.2) is 4.79 Å². The maximum Gasteiger partial charge on any atom is 0.381 e. The van der Waals surface area contributed by atoms with Crippen molar-refractivity contribution in [3.05, 3.63) is 21.9 Å². The molecule has 0 amide bonds. The van der Waals surface area contributed by atoms with E-state index in [4.69, 9.17) is 9.68 Å². The minimum Gasteiger partial charge on any atom is -0.376 e. The van der Waals surface area contributed by atoms with Crippen LogP contribution < -0.4 is 0 Å². The quantitative estimate of drug-likeness (QED) is 0.478. The van der Waals surface area contributed by atoms with Gasteiger partial charge >= 0.3 is 5.97 Å². The monoisotopic (exact) mass is 334 g/mol. The Morgan fingerprint density at radius 3 is 2.96 bits per heavy atom. The van der Waals surface area contributed by atoms with Gasteiger partial charge in [0.05, 0.1) is 17.8 Å². The Bertz CT molecular complexity index is 672. The van der Waals surface area contributed by atoms with Gasteiger partial charge < -0.3 is 9.68 Å². The average molecular weight is 334 g/mol. The highest BCUT2D eigenvalue weighted by atomic mass is 32.1. The van der Waals surface area contributed by atoms with Crippen molar-refractivity contribution in [2.75, 3.05) is 0 Å². The second-order valence-corrected chi connectivity index (χ2v) is 8.53. The van der Waals surface area contributed by atoms with Gasteiger partial charge in [0.1, 0.15) is 0 Å². The van der Waals surface area contributed by atoms with E-state index in [1.165, 1.54) is 4.88 Å². The number of fused-ring (bicyclic) bond motifs is 1. The summed E-state index contributed by atoms with van der Waals surface area (Å²) in [5.74, 6) is -0.443. The van der Waals surface area contributed by atoms with Crippen LogP contribution in [0.4, 0.5) is 0 Å². The Hall–Kier alpha value is -1.69. The molecule has 2 heterocycles. The Kier molecular flexibility index (Phi) is 4.04. The van der Waals surface area contributed by atoms with Crippen molar-refractivity contribution >= 4 is 29.2 Å². The number of rotatable bonds is 3. The third-order valence-corrected chi connectivity index (χ3v) is 5.37. The zero-order valence-electron chi connectivity index (χ0n) is 14.0. The molecular formula is C17H22N2O3S. The molecule has 0 spiro atoms. The molecule has 5 nitrogen and oxygen atoms in total. The lowest BCUT2D eigenvalue weighted by Crippen LogP contribution is -2.45. The van der Waals surface area contributed by atoms with Crippen molar-refractivity contribution in [3.63, 3.8) is 0 Å². The van der Waals surface area contributed by atoms with Gasteiger partial charge in [-0.1, -0.05) is 31.1 Å². The van der Waals surface area contributed by atoms with Crippen LogP contribution in [0.15, 0.2) is 22.4 Å². The highest BCUT2D eigenvalue weighted by Crippen LogP contribution is 2.48. The maximum atomic E-state index is 12.6. The number of carbonyl (C=O) groups is 1. The Morgan fingerprint density at radius 1 is 1.52 bits per heavy atom. The van der Waals surface area contributed by atoms with E-state index in [-0.39, 0.29) is 11.3 Å². The van der Waals surface area contributed by atoms with Gasteiger partial charge in [-0.3, -0.25) is 0 Å². The topological polar surface area (TPSA) is 60.2 Å². The summed E-state index contributed by atoms with van der Waals surface area (Å²) in [6.07, 6.45) is 4.03. The molecule has 1 aromatic rings. The van der Waals surface area contributed by atoms with E-state index < -0.39 is 11.6 Å². The summed E-state index contributed by atoms with van der Waals surface area (Å²) in [6, 6.07) is 3.95. The van der Waals surface area contributed by atoms with Crippen molar-refractivity contribution in [1.82, 2.24) is 0 Å². The molecule has 0 saturated heterocycles. The lowest BCUT2D eigenvalue weighted by molar-refractivity contribution is -0.171. The predicted octanol–water partition coefficient (Wildman–Crippen LogP) is 3.90. The molecule has 1 aliphatic heterocycles. The molecule has 0 bridgehead atoms. The first-order chi connectivity index (χ1) is 10.8. The second-order valence-electron chi connectivity index (χ2n) is 7.21. The molecule has 6 heteroatoms. The summed E-state index contributed by atoms with van der Waals surface area (Å²) in [4.78, 5) is 25.5. The molecule has 124 valence electrons. The molecule has 0 aromatic carbocycles. The van der Waals surface area contributed by atoms with E-state index in [2.05, 4.69) is 31.1 Å². The summed E-state index contributed by atoms with van der Waals surface area (Å²) in [7, 11) is 0. The highest BCUT2D eigenvalue weighted by Gasteiger charge is 2.60. The van der Waals surface area contributed by atoms with Crippen LogP contribution in [0.5, 0.6) is 0 Å². The van der Waals surface area contributed by atoms with Crippen LogP contribution in [0.3, 0.4) is 0 Å². The summed E-state index contributed by atoms with van der Waals surface area (Å²) in [6.45, 7) is 8.29. The van der Waals surface area contributed by atoms with Crippen LogP contribution in [0.2, 0.25) is 0 Å². The lowest BCUT2D eigenvalue weighted by atomic mass is 9.76. The molecule has 2 aliphatic rings. The molecule has 1 fully saturated rings. The third-order valence-electron chi connectivity index (χ3n) is 4.43. The number of thiophene rings is 1. The maximum absolute atomic E-state index is 12.6. The van der Waals surface area contributed by atoms with Crippen LogP contribution in [-0.2, 0) is 14.5 Å². The van der Waals surface area contributed by atoms with Gasteiger partial charge in [-0.2, -0.15) is 0 Å². The zero-order valence-corrected chi connectivity index (χ0v) is 14.8. The molecule has 3 rings (SSSR count). The number of hydrogen-bond donors (Lipinski definition) is 0. The smallest absolute Gasteiger partial charge is 0.376 e. The normalized spacial score (nSPS) is 27.0. The van der Waals surface area contributed by atoms with Gasteiger partial charge in [-0.15, -0.1) is 11.3 Å². The van der Waals surface area contributed by atoms with Gasteiger partial charge in [-0.05, 0) is 31.9 Å². The second kappa shape index (κ2) is 5.74. The van der Waals surface area contributed by atoms with Crippen LogP contribution >= 0.6 is 11.3 Å². The van der Waals surface area contributed by atoms with Crippen molar-refractivity contribution in [2.24, 2.45) is 21.6 Å². The summed E-state index contributed by atoms with van der Waals surface area (Å²) in [5, 5.41) is 8.07. The standard InChI is InChI=1S/C17H22N2O3S/c1-11-7-8-12(23-11)10-18-21-15(20)17-9-5-6-13(17)14(19-22-17)16(2,3)4/h7-8,10,13H,5-6,9H2,1-4H3/b18-10+.